The fourth-order valence-corrected chi connectivity index (χ4v) is 3.79. The number of aromatic nitrogens is 5. The Balaban J connectivity index is 1.43. The third-order valence-electron chi connectivity index (χ3n) is 4.40. The van der Waals surface area contributed by atoms with Crippen LogP contribution in [0.4, 0.5) is 5.69 Å². The van der Waals surface area contributed by atoms with Gasteiger partial charge in [0.1, 0.15) is 0 Å². The zero-order valence-corrected chi connectivity index (χ0v) is 15.9. The summed E-state index contributed by atoms with van der Waals surface area (Å²) in [4.78, 5) is 25.8. The fraction of sp³-hybridized carbons (Fsp3) is 0. The molecule has 0 aliphatic rings. The van der Waals surface area contributed by atoms with Crippen LogP contribution in [0, 0.1) is 0 Å². The van der Waals surface area contributed by atoms with Gasteiger partial charge in [0.2, 0.25) is 0 Å². The van der Waals surface area contributed by atoms with Gasteiger partial charge in [-0.3, -0.25) is 14.8 Å². The molecule has 5 aromatic heterocycles. The second-order valence-corrected chi connectivity index (χ2v) is 7.22. The highest BCUT2D eigenvalue weighted by molar-refractivity contribution is 7.12. The largest absolute Gasteiger partial charge is 0.320 e. The summed E-state index contributed by atoms with van der Waals surface area (Å²) >= 11 is 1.38. The Morgan fingerprint density at radius 2 is 1.83 bits per heavy atom. The molecule has 0 spiro atoms. The topological polar surface area (TPSA) is 85.1 Å². The third-order valence-corrected chi connectivity index (χ3v) is 5.33. The Morgan fingerprint density at radius 1 is 0.966 bits per heavy atom. The summed E-state index contributed by atoms with van der Waals surface area (Å²) in [5.41, 5.74) is 5.08. The lowest BCUT2D eigenvalue weighted by molar-refractivity contribution is 0.103. The molecule has 0 radical (unpaired) electrons. The minimum Gasteiger partial charge on any atom is -0.320 e. The summed E-state index contributed by atoms with van der Waals surface area (Å²) in [6, 6.07) is 9.29. The molecule has 0 aliphatic heterocycles. The number of nitrogens with one attached hydrogen (secondary N) is 1. The summed E-state index contributed by atoms with van der Waals surface area (Å²) in [5, 5.41) is 9.22. The number of pyridine rings is 2. The normalized spacial score (nSPS) is 10.9. The van der Waals surface area contributed by atoms with Crippen molar-refractivity contribution in [3.05, 3.63) is 84.0 Å². The van der Waals surface area contributed by atoms with Crippen molar-refractivity contribution in [2.75, 3.05) is 5.32 Å². The molecule has 0 aliphatic carbocycles. The predicted molar refractivity (Wildman–Crippen MR) is 112 cm³/mol. The van der Waals surface area contributed by atoms with Gasteiger partial charge in [0.05, 0.1) is 23.0 Å². The van der Waals surface area contributed by atoms with Gasteiger partial charge in [0, 0.05) is 47.7 Å². The van der Waals surface area contributed by atoms with E-state index in [2.05, 4.69) is 25.4 Å². The number of hydrogen-bond acceptors (Lipinski definition) is 6. The number of thiophene rings is 1. The minimum atomic E-state index is -0.169. The SMILES string of the molecule is O=C(Nc1cccnc1)c1cc(-c2cnn3cc(-c4cccnc4)cnc23)cs1. The molecule has 5 aromatic rings. The van der Waals surface area contributed by atoms with Gasteiger partial charge >= 0.3 is 0 Å². The molecule has 7 nitrogen and oxygen atoms in total. The van der Waals surface area contributed by atoms with Crippen molar-refractivity contribution in [2.45, 2.75) is 0 Å². The molecule has 1 N–H and O–H groups in total. The molecule has 0 fully saturated rings. The molecular weight excluding hydrogens is 384 g/mol. The van der Waals surface area contributed by atoms with Crippen LogP contribution < -0.4 is 5.32 Å². The van der Waals surface area contributed by atoms with Crippen LogP contribution in [0.25, 0.3) is 27.9 Å². The number of rotatable bonds is 4. The lowest BCUT2D eigenvalue weighted by atomic mass is 10.1. The first kappa shape index (κ1) is 17.2. The number of fused-ring (bicyclic) bond motifs is 1. The maximum Gasteiger partial charge on any atom is 0.265 e. The van der Waals surface area contributed by atoms with Gasteiger partial charge in [-0.05, 0) is 35.2 Å². The van der Waals surface area contributed by atoms with Crippen molar-refractivity contribution in [3.63, 3.8) is 0 Å². The first-order valence-electron chi connectivity index (χ1n) is 8.82. The van der Waals surface area contributed by atoms with Crippen molar-refractivity contribution < 1.29 is 4.79 Å². The first-order valence-corrected chi connectivity index (χ1v) is 9.70. The zero-order valence-electron chi connectivity index (χ0n) is 15.1. The Labute approximate surface area is 169 Å². The molecule has 0 bridgehead atoms. The van der Waals surface area contributed by atoms with Gasteiger partial charge in [0.25, 0.3) is 5.91 Å². The van der Waals surface area contributed by atoms with Gasteiger partial charge in [-0.25, -0.2) is 9.50 Å². The Hall–Kier alpha value is -3.91. The van der Waals surface area contributed by atoms with E-state index in [-0.39, 0.29) is 5.91 Å². The van der Waals surface area contributed by atoms with Crippen LogP contribution in [0.2, 0.25) is 0 Å². The molecule has 1 amide bonds. The zero-order chi connectivity index (χ0) is 19.6. The van der Waals surface area contributed by atoms with Crippen molar-refractivity contribution in [1.29, 1.82) is 0 Å². The van der Waals surface area contributed by atoms with Gasteiger partial charge in [-0.2, -0.15) is 5.10 Å². The maximum absolute atomic E-state index is 12.5. The van der Waals surface area contributed by atoms with Crippen LogP contribution in [0.15, 0.2) is 79.1 Å². The molecule has 0 aromatic carbocycles. The molecule has 140 valence electrons. The van der Waals surface area contributed by atoms with Crippen molar-refractivity contribution in [1.82, 2.24) is 24.6 Å². The standard InChI is InChI=1S/C21H14N6OS/c28-21(26-17-4-2-6-23-10-17)19-7-15(13-29-19)18-11-25-27-12-16(9-24-20(18)27)14-3-1-5-22-8-14/h1-13H,(H,26,28). The van der Waals surface area contributed by atoms with Crippen LogP contribution >= 0.6 is 11.3 Å². The smallest absolute Gasteiger partial charge is 0.265 e. The van der Waals surface area contributed by atoms with Crippen LogP contribution in [0.3, 0.4) is 0 Å². The molecule has 0 saturated carbocycles. The van der Waals surface area contributed by atoms with E-state index in [1.165, 1.54) is 11.3 Å². The average Bonchev–Trinajstić information content (AvgIpc) is 3.42. The van der Waals surface area contributed by atoms with Crippen LogP contribution in [-0.2, 0) is 0 Å². The molecule has 5 rings (SSSR count). The summed E-state index contributed by atoms with van der Waals surface area (Å²) < 4.78 is 1.74. The summed E-state index contributed by atoms with van der Waals surface area (Å²) in [6.45, 7) is 0. The van der Waals surface area contributed by atoms with Crippen molar-refractivity contribution >= 4 is 28.6 Å². The van der Waals surface area contributed by atoms with E-state index in [9.17, 15) is 4.79 Å². The van der Waals surface area contributed by atoms with E-state index in [4.69, 9.17) is 0 Å². The fourth-order valence-electron chi connectivity index (χ4n) is 2.99. The lowest BCUT2D eigenvalue weighted by Gasteiger charge is -2.02. The molecule has 5 heterocycles. The third kappa shape index (κ3) is 3.37. The van der Waals surface area contributed by atoms with Crippen molar-refractivity contribution in [3.8, 4) is 22.3 Å². The van der Waals surface area contributed by atoms with E-state index in [1.54, 1.807) is 53.8 Å². The second-order valence-electron chi connectivity index (χ2n) is 6.31. The quantitative estimate of drug-likeness (QED) is 0.491. The highest BCUT2D eigenvalue weighted by Crippen LogP contribution is 2.29. The predicted octanol–water partition coefficient (Wildman–Crippen LogP) is 4.17. The summed E-state index contributed by atoms with van der Waals surface area (Å²) in [7, 11) is 0. The number of hydrogen-bond donors (Lipinski definition) is 1. The van der Waals surface area contributed by atoms with E-state index in [0.717, 1.165) is 27.9 Å². The number of nitrogens with zero attached hydrogens (tertiary/aromatic N) is 5. The molecule has 8 heteroatoms. The molecule has 0 unspecified atom stereocenters. The maximum atomic E-state index is 12.5. The van der Waals surface area contributed by atoms with E-state index < -0.39 is 0 Å². The van der Waals surface area contributed by atoms with Gasteiger partial charge < -0.3 is 5.32 Å². The molecular formula is C21H14N6OS. The number of carbonyl (C=O) groups is 1. The van der Waals surface area contributed by atoms with Crippen molar-refractivity contribution in [2.24, 2.45) is 0 Å². The molecule has 0 atom stereocenters. The Kier molecular flexibility index (Phi) is 4.30. The summed E-state index contributed by atoms with van der Waals surface area (Å²) in [5.74, 6) is -0.169. The Morgan fingerprint density at radius 3 is 2.62 bits per heavy atom. The lowest BCUT2D eigenvalue weighted by Crippen LogP contribution is -2.10. The number of carbonyl (C=O) groups excluding carboxylic acids is 1. The average molecular weight is 398 g/mol. The van der Waals surface area contributed by atoms with Crippen LogP contribution in [0.1, 0.15) is 9.67 Å². The van der Waals surface area contributed by atoms with E-state index in [1.807, 2.05) is 29.8 Å². The summed E-state index contributed by atoms with van der Waals surface area (Å²) in [6.07, 6.45) is 12.3. The number of anilines is 1. The monoisotopic (exact) mass is 398 g/mol. The van der Waals surface area contributed by atoms with Gasteiger partial charge in [0.15, 0.2) is 5.65 Å². The van der Waals surface area contributed by atoms with E-state index in [0.29, 0.717) is 10.6 Å². The highest BCUT2D eigenvalue weighted by atomic mass is 32.1. The van der Waals surface area contributed by atoms with Gasteiger partial charge in [-0.15, -0.1) is 11.3 Å². The van der Waals surface area contributed by atoms with Crippen LogP contribution in [-0.4, -0.2) is 30.5 Å². The molecule has 29 heavy (non-hydrogen) atoms. The van der Waals surface area contributed by atoms with E-state index >= 15 is 0 Å². The second kappa shape index (κ2) is 7.25. The highest BCUT2D eigenvalue weighted by Gasteiger charge is 2.14. The number of amides is 1. The molecule has 0 saturated heterocycles. The Bertz CT molecular complexity index is 1300. The first-order chi connectivity index (χ1) is 14.3. The minimum absolute atomic E-state index is 0.169. The van der Waals surface area contributed by atoms with Gasteiger partial charge in [-0.1, -0.05) is 6.07 Å². The van der Waals surface area contributed by atoms with Crippen LogP contribution in [0.5, 0.6) is 0 Å².